The van der Waals surface area contributed by atoms with Gasteiger partial charge in [0.15, 0.2) is 0 Å². The minimum atomic E-state index is -0.585. The first kappa shape index (κ1) is 22.1. The van der Waals surface area contributed by atoms with Gasteiger partial charge in [-0.15, -0.1) is 0 Å². The Balaban J connectivity index is 1.61. The van der Waals surface area contributed by atoms with Crippen molar-refractivity contribution in [2.75, 3.05) is 19.6 Å². The van der Waals surface area contributed by atoms with Crippen LogP contribution in [0.2, 0.25) is 5.02 Å². The number of halogens is 1. The molecule has 1 saturated carbocycles. The van der Waals surface area contributed by atoms with E-state index in [0.717, 1.165) is 24.8 Å². The summed E-state index contributed by atoms with van der Waals surface area (Å²) in [6, 6.07) is 7.19. The number of benzene rings is 1. The van der Waals surface area contributed by atoms with Crippen LogP contribution in [0.4, 0.5) is 0 Å². The first-order valence-corrected chi connectivity index (χ1v) is 11.2. The minimum absolute atomic E-state index is 0.0442. The van der Waals surface area contributed by atoms with E-state index < -0.39 is 6.04 Å². The summed E-state index contributed by atoms with van der Waals surface area (Å²) in [5, 5.41) is 0.668. The molecule has 29 heavy (non-hydrogen) atoms. The van der Waals surface area contributed by atoms with Crippen molar-refractivity contribution >= 4 is 23.4 Å². The van der Waals surface area contributed by atoms with E-state index in [1.807, 2.05) is 29.2 Å². The van der Waals surface area contributed by atoms with Crippen molar-refractivity contribution in [1.29, 1.82) is 0 Å². The highest BCUT2D eigenvalue weighted by Crippen LogP contribution is 2.28. The minimum Gasteiger partial charge on any atom is -0.339 e. The zero-order valence-electron chi connectivity index (χ0n) is 17.1. The smallest absolute Gasteiger partial charge is 0.239 e. The highest BCUT2D eigenvalue weighted by atomic mass is 35.5. The van der Waals surface area contributed by atoms with Crippen LogP contribution < -0.4 is 11.5 Å². The Bertz CT molecular complexity index is 691. The summed E-state index contributed by atoms with van der Waals surface area (Å²) in [4.78, 5) is 29.6. The van der Waals surface area contributed by atoms with Crippen LogP contribution in [0.3, 0.4) is 0 Å². The van der Waals surface area contributed by atoms with Crippen molar-refractivity contribution in [2.45, 2.75) is 69.5 Å². The van der Waals surface area contributed by atoms with Crippen molar-refractivity contribution in [1.82, 2.24) is 9.80 Å². The molecular formula is C22H33ClN4O2. The molecule has 4 N–H and O–H groups in total. The van der Waals surface area contributed by atoms with Crippen molar-refractivity contribution in [2.24, 2.45) is 11.5 Å². The van der Waals surface area contributed by atoms with E-state index in [9.17, 15) is 9.59 Å². The van der Waals surface area contributed by atoms with Gasteiger partial charge in [-0.25, -0.2) is 0 Å². The maximum Gasteiger partial charge on any atom is 0.239 e. The number of amides is 2. The van der Waals surface area contributed by atoms with Crippen molar-refractivity contribution in [3.05, 3.63) is 34.9 Å². The van der Waals surface area contributed by atoms with Crippen LogP contribution in [0, 0.1) is 0 Å². The highest BCUT2D eigenvalue weighted by molar-refractivity contribution is 6.30. The number of carbonyl (C=O) groups is 2. The zero-order valence-corrected chi connectivity index (χ0v) is 17.8. The Morgan fingerprint density at radius 3 is 2.45 bits per heavy atom. The molecule has 1 heterocycles. The molecule has 0 spiro atoms. The normalized spacial score (nSPS) is 21.2. The second kappa shape index (κ2) is 10.4. The first-order valence-electron chi connectivity index (χ1n) is 10.8. The predicted molar refractivity (Wildman–Crippen MR) is 116 cm³/mol. The van der Waals surface area contributed by atoms with Crippen LogP contribution >= 0.6 is 11.6 Å². The van der Waals surface area contributed by atoms with Gasteiger partial charge in [-0.1, -0.05) is 43.0 Å². The molecule has 1 aliphatic carbocycles. The van der Waals surface area contributed by atoms with Gasteiger partial charge in [-0.2, -0.15) is 0 Å². The Morgan fingerprint density at radius 1 is 1.10 bits per heavy atom. The molecule has 2 aliphatic rings. The summed E-state index contributed by atoms with van der Waals surface area (Å²) >= 11 is 5.93. The summed E-state index contributed by atoms with van der Waals surface area (Å²) in [7, 11) is 0. The van der Waals surface area contributed by atoms with E-state index in [-0.39, 0.29) is 23.9 Å². The maximum atomic E-state index is 12.9. The summed E-state index contributed by atoms with van der Waals surface area (Å²) in [6.45, 7) is 1.58. The standard InChI is InChI=1S/C22H33ClN4O2/c23-17-8-6-16(7-9-17)14-20(25)22(29)26-13-11-19(15-26)27(21(28)10-12-24)18-4-2-1-3-5-18/h6-9,18-20H,1-5,10-15,24-25H2. The second-order valence-electron chi connectivity index (χ2n) is 8.30. The van der Waals surface area contributed by atoms with Gasteiger partial charge in [0.1, 0.15) is 0 Å². The van der Waals surface area contributed by atoms with E-state index in [0.29, 0.717) is 37.5 Å². The Labute approximate surface area is 178 Å². The third kappa shape index (κ3) is 5.71. The number of hydrogen-bond acceptors (Lipinski definition) is 4. The Hall–Kier alpha value is -1.63. The van der Waals surface area contributed by atoms with E-state index in [1.54, 1.807) is 0 Å². The molecule has 1 aromatic rings. The van der Waals surface area contributed by atoms with Gasteiger partial charge in [0.05, 0.1) is 12.1 Å². The molecular weight excluding hydrogens is 388 g/mol. The van der Waals surface area contributed by atoms with Crippen LogP contribution in [-0.4, -0.2) is 59.4 Å². The monoisotopic (exact) mass is 420 g/mol. The largest absolute Gasteiger partial charge is 0.339 e. The van der Waals surface area contributed by atoms with Gasteiger partial charge < -0.3 is 21.3 Å². The maximum absolute atomic E-state index is 12.9. The third-order valence-corrected chi connectivity index (χ3v) is 6.42. The van der Waals surface area contributed by atoms with Gasteiger partial charge in [0.2, 0.25) is 11.8 Å². The lowest BCUT2D eigenvalue weighted by atomic mass is 9.92. The fourth-order valence-corrected chi connectivity index (χ4v) is 4.81. The number of nitrogens with two attached hydrogens (primary N) is 2. The van der Waals surface area contributed by atoms with E-state index >= 15 is 0 Å². The molecule has 0 aromatic heterocycles. The molecule has 2 amide bonds. The topological polar surface area (TPSA) is 92.7 Å². The van der Waals surface area contributed by atoms with E-state index in [1.165, 1.54) is 19.3 Å². The van der Waals surface area contributed by atoms with Gasteiger partial charge in [0.25, 0.3) is 0 Å². The average Bonchev–Trinajstić information content (AvgIpc) is 3.20. The lowest BCUT2D eigenvalue weighted by Gasteiger charge is -2.38. The molecule has 1 aromatic carbocycles. The Kier molecular flexibility index (Phi) is 7.92. The van der Waals surface area contributed by atoms with Crippen molar-refractivity contribution < 1.29 is 9.59 Å². The van der Waals surface area contributed by atoms with Crippen LogP contribution in [0.1, 0.15) is 50.5 Å². The molecule has 2 unspecified atom stereocenters. The van der Waals surface area contributed by atoms with Gasteiger partial charge in [-0.3, -0.25) is 9.59 Å². The lowest BCUT2D eigenvalue weighted by molar-refractivity contribution is -0.138. The summed E-state index contributed by atoms with van der Waals surface area (Å²) in [5.74, 6) is 0.0847. The lowest BCUT2D eigenvalue weighted by Crippen LogP contribution is -2.51. The molecule has 2 fully saturated rings. The predicted octanol–water partition coefficient (Wildman–Crippen LogP) is 2.32. The SMILES string of the molecule is NCCC(=O)N(C1CCCCC1)C1CCN(C(=O)C(N)Cc2ccc(Cl)cc2)C1. The molecule has 0 bridgehead atoms. The third-order valence-electron chi connectivity index (χ3n) is 6.17. The fourth-order valence-electron chi connectivity index (χ4n) is 4.68. The quantitative estimate of drug-likeness (QED) is 0.707. The van der Waals surface area contributed by atoms with E-state index in [4.69, 9.17) is 23.1 Å². The van der Waals surface area contributed by atoms with Crippen LogP contribution in [0.25, 0.3) is 0 Å². The van der Waals surface area contributed by atoms with Crippen molar-refractivity contribution in [3.8, 4) is 0 Å². The highest BCUT2D eigenvalue weighted by Gasteiger charge is 2.37. The molecule has 0 radical (unpaired) electrons. The molecule has 7 heteroatoms. The van der Waals surface area contributed by atoms with E-state index in [2.05, 4.69) is 4.90 Å². The molecule has 3 rings (SSSR count). The number of nitrogens with zero attached hydrogens (tertiary/aromatic N) is 2. The number of rotatable bonds is 7. The van der Waals surface area contributed by atoms with Crippen LogP contribution in [-0.2, 0) is 16.0 Å². The average molecular weight is 421 g/mol. The molecule has 1 saturated heterocycles. The molecule has 160 valence electrons. The Morgan fingerprint density at radius 2 is 1.79 bits per heavy atom. The van der Waals surface area contributed by atoms with Crippen LogP contribution in [0.5, 0.6) is 0 Å². The van der Waals surface area contributed by atoms with Crippen LogP contribution in [0.15, 0.2) is 24.3 Å². The number of likely N-dealkylation sites (tertiary alicyclic amines) is 1. The number of hydrogen-bond donors (Lipinski definition) is 2. The summed E-state index contributed by atoms with van der Waals surface area (Å²) < 4.78 is 0. The van der Waals surface area contributed by atoms with Crippen molar-refractivity contribution in [3.63, 3.8) is 0 Å². The first-order chi connectivity index (χ1) is 14.0. The van der Waals surface area contributed by atoms with Gasteiger partial charge in [0, 0.05) is 37.1 Å². The molecule has 1 aliphatic heterocycles. The number of carbonyl (C=O) groups excluding carboxylic acids is 2. The zero-order chi connectivity index (χ0) is 20.8. The van der Waals surface area contributed by atoms with Gasteiger partial charge in [-0.05, 0) is 43.4 Å². The summed E-state index contributed by atoms with van der Waals surface area (Å²) in [6.07, 6.45) is 7.34. The fraction of sp³-hybridized carbons (Fsp3) is 0.636. The second-order valence-corrected chi connectivity index (χ2v) is 8.73. The van der Waals surface area contributed by atoms with Gasteiger partial charge >= 0.3 is 0 Å². The molecule has 6 nitrogen and oxygen atoms in total. The molecule has 2 atom stereocenters. The summed E-state index contributed by atoms with van der Waals surface area (Å²) in [5.41, 5.74) is 12.9.